The number of hydrogen-bond donors (Lipinski definition) is 2. The van der Waals surface area contributed by atoms with Crippen LogP contribution >= 0.6 is 0 Å². The zero-order valence-corrected chi connectivity index (χ0v) is 10.7. The molecule has 1 atom stereocenters. The second-order valence-corrected chi connectivity index (χ2v) is 5.05. The Bertz CT molecular complexity index is 349. The molecule has 2 rings (SSSR count). The van der Waals surface area contributed by atoms with Crippen LogP contribution < -0.4 is 11.1 Å². The zero-order valence-electron chi connectivity index (χ0n) is 10.7. The number of likely N-dealkylation sites (tertiary alicyclic amines) is 1. The van der Waals surface area contributed by atoms with Crippen molar-refractivity contribution in [2.75, 3.05) is 32.4 Å². The molecule has 1 fully saturated rings. The number of rotatable bonds is 4. The lowest BCUT2D eigenvalue weighted by molar-refractivity contribution is 0.167. The molecule has 17 heavy (non-hydrogen) atoms. The molecule has 94 valence electrons. The summed E-state index contributed by atoms with van der Waals surface area (Å²) in [5.74, 6) is 0.801. The van der Waals surface area contributed by atoms with Gasteiger partial charge in [-0.3, -0.25) is 4.90 Å². The zero-order chi connectivity index (χ0) is 12.1. The highest BCUT2D eigenvalue weighted by Gasteiger charge is 2.19. The van der Waals surface area contributed by atoms with Crippen molar-refractivity contribution in [1.82, 2.24) is 10.2 Å². The van der Waals surface area contributed by atoms with Crippen molar-refractivity contribution in [3.63, 3.8) is 0 Å². The summed E-state index contributed by atoms with van der Waals surface area (Å²) in [7, 11) is 2.04. The minimum Gasteiger partial charge on any atom is -0.399 e. The Hall–Kier alpha value is -1.06. The Morgan fingerprint density at radius 2 is 2.35 bits per heavy atom. The predicted molar refractivity (Wildman–Crippen MR) is 72.8 cm³/mol. The molecule has 0 spiro atoms. The predicted octanol–water partition coefficient (Wildman–Crippen LogP) is 1.70. The smallest absolute Gasteiger partial charge is 0.0317 e. The molecular formula is C14H23N3. The van der Waals surface area contributed by atoms with Crippen molar-refractivity contribution in [3.05, 3.63) is 29.8 Å². The maximum absolute atomic E-state index is 5.81. The minimum atomic E-state index is 0.801. The van der Waals surface area contributed by atoms with E-state index in [1.54, 1.807) is 0 Å². The van der Waals surface area contributed by atoms with Gasteiger partial charge in [0.15, 0.2) is 0 Å². The number of nitrogen functional groups attached to an aromatic ring is 1. The lowest BCUT2D eigenvalue weighted by atomic mass is 9.97. The molecule has 3 nitrogen and oxygen atoms in total. The monoisotopic (exact) mass is 233 g/mol. The Labute approximate surface area is 104 Å². The van der Waals surface area contributed by atoms with E-state index in [1.165, 1.54) is 31.5 Å². The molecule has 0 aliphatic carbocycles. The second-order valence-electron chi connectivity index (χ2n) is 5.05. The van der Waals surface area contributed by atoms with Gasteiger partial charge in [0.05, 0.1) is 0 Å². The summed E-state index contributed by atoms with van der Waals surface area (Å²) in [6, 6.07) is 8.24. The Kier molecular flexibility index (Phi) is 4.40. The Morgan fingerprint density at radius 1 is 1.47 bits per heavy atom. The topological polar surface area (TPSA) is 41.3 Å². The van der Waals surface area contributed by atoms with E-state index in [-0.39, 0.29) is 0 Å². The summed E-state index contributed by atoms with van der Waals surface area (Å²) in [5.41, 5.74) is 8.01. The highest BCUT2D eigenvalue weighted by molar-refractivity contribution is 5.40. The standard InChI is InChI=1S/C14H23N3/c1-16-9-13-5-3-7-17(11-13)10-12-4-2-6-14(15)8-12/h2,4,6,8,13,16H,3,5,7,9-11,15H2,1H3. The van der Waals surface area contributed by atoms with Crippen LogP contribution in [0.3, 0.4) is 0 Å². The van der Waals surface area contributed by atoms with Gasteiger partial charge in [0, 0.05) is 18.8 Å². The summed E-state index contributed by atoms with van der Waals surface area (Å²) in [4.78, 5) is 2.54. The molecule has 0 saturated carbocycles. The van der Waals surface area contributed by atoms with Crippen molar-refractivity contribution >= 4 is 5.69 Å². The fraction of sp³-hybridized carbons (Fsp3) is 0.571. The number of hydrogen-bond acceptors (Lipinski definition) is 3. The van der Waals surface area contributed by atoms with Gasteiger partial charge in [-0.15, -0.1) is 0 Å². The van der Waals surface area contributed by atoms with E-state index in [2.05, 4.69) is 22.3 Å². The summed E-state index contributed by atoms with van der Waals surface area (Å²) < 4.78 is 0. The van der Waals surface area contributed by atoms with Gasteiger partial charge in [0.25, 0.3) is 0 Å². The molecule has 0 radical (unpaired) electrons. The first kappa shape index (κ1) is 12.4. The minimum absolute atomic E-state index is 0.801. The number of nitrogens with zero attached hydrogens (tertiary/aromatic N) is 1. The normalized spacial score (nSPS) is 21.6. The van der Waals surface area contributed by atoms with Crippen LogP contribution in [0.25, 0.3) is 0 Å². The van der Waals surface area contributed by atoms with Crippen molar-refractivity contribution in [1.29, 1.82) is 0 Å². The molecule has 1 saturated heterocycles. The van der Waals surface area contributed by atoms with Crippen LogP contribution in [0.15, 0.2) is 24.3 Å². The fourth-order valence-corrected chi connectivity index (χ4v) is 2.70. The molecule has 1 aromatic rings. The van der Waals surface area contributed by atoms with Crippen LogP contribution in [0.1, 0.15) is 18.4 Å². The van der Waals surface area contributed by atoms with Crippen LogP contribution in [0.2, 0.25) is 0 Å². The maximum atomic E-state index is 5.81. The average molecular weight is 233 g/mol. The molecule has 1 heterocycles. The van der Waals surface area contributed by atoms with Gasteiger partial charge in [-0.2, -0.15) is 0 Å². The first-order valence-electron chi connectivity index (χ1n) is 6.49. The maximum Gasteiger partial charge on any atom is 0.0317 e. The Morgan fingerprint density at radius 3 is 3.12 bits per heavy atom. The number of anilines is 1. The van der Waals surface area contributed by atoms with Gasteiger partial charge in [0.2, 0.25) is 0 Å². The number of nitrogens with two attached hydrogens (primary N) is 1. The molecule has 3 N–H and O–H groups in total. The van der Waals surface area contributed by atoms with Crippen LogP contribution in [-0.4, -0.2) is 31.6 Å². The molecule has 3 heteroatoms. The van der Waals surface area contributed by atoms with E-state index >= 15 is 0 Å². The summed E-state index contributed by atoms with van der Waals surface area (Å²) in [6.45, 7) is 4.59. The molecule has 0 bridgehead atoms. The van der Waals surface area contributed by atoms with Gasteiger partial charge >= 0.3 is 0 Å². The van der Waals surface area contributed by atoms with Gasteiger partial charge in [-0.25, -0.2) is 0 Å². The van der Waals surface area contributed by atoms with Gasteiger partial charge in [-0.1, -0.05) is 12.1 Å². The summed E-state index contributed by atoms with van der Waals surface area (Å²) in [5, 5.41) is 3.28. The Balaban J connectivity index is 1.90. The first-order valence-corrected chi connectivity index (χ1v) is 6.49. The van der Waals surface area contributed by atoms with Crippen LogP contribution in [0, 0.1) is 5.92 Å². The van der Waals surface area contributed by atoms with Crippen molar-refractivity contribution < 1.29 is 0 Å². The number of piperidine rings is 1. The van der Waals surface area contributed by atoms with Gasteiger partial charge in [0.1, 0.15) is 0 Å². The third-order valence-corrected chi connectivity index (χ3v) is 3.45. The third kappa shape index (κ3) is 3.72. The fourth-order valence-electron chi connectivity index (χ4n) is 2.70. The molecule has 0 amide bonds. The number of nitrogens with one attached hydrogen (secondary N) is 1. The highest BCUT2D eigenvalue weighted by atomic mass is 15.1. The van der Waals surface area contributed by atoms with E-state index in [9.17, 15) is 0 Å². The van der Waals surface area contributed by atoms with Crippen molar-refractivity contribution in [3.8, 4) is 0 Å². The quantitative estimate of drug-likeness (QED) is 0.778. The van der Waals surface area contributed by atoms with Crippen molar-refractivity contribution in [2.45, 2.75) is 19.4 Å². The first-order chi connectivity index (χ1) is 8.28. The highest BCUT2D eigenvalue weighted by Crippen LogP contribution is 2.18. The molecular weight excluding hydrogens is 210 g/mol. The van der Waals surface area contributed by atoms with Crippen LogP contribution in [-0.2, 0) is 6.54 Å². The number of benzene rings is 1. The van der Waals surface area contributed by atoms with E-state index in [0.717, 1.165) is 24.7 Å². The van der Waals surface area contributed by atoms with Gasteiger partial charge < -0.3 is 11.1 Å². The lowest BCUT2D eigenvalue weighted by Crippen LogP contribution is -2.38. The summed E-state index contributed by atoms with van der Waals surface area (Å²) >= 11 is 0. The summed E-state index contributed by atoms with van der Waals surface area (Å²) in [6.07, 6.45) is 2.67. The molecule has 0 aromatic heterocycles. The van der Waals surface area contributed by atoms with E-state index in [4.69, 9.17) is 5.73 Å². The van der Waals surface area contributed by atoms with Crippen LogP contribution in [0.4, 0.5) is 5.69 Å². The second kappa shape index (κ2) is 6.03. The molecule has 1 unspecified atom stereocenters. The van der Waals surface area contributed by atoms with Gasteiger partial charge in [-0.05, 0) is 56.6 Å². The van der Waals surface area contributed by atoms with E-state index in [1.807, 2.05) is 19.2 Å². The van der Waals surface area contributed by atoms with Crippen LogP contribution in [0.5, 0.6) is 0 Å². The average Bonchev–Trinajstić information content (AvgIpc) is 2.30. The SMILES string of the molecule is CNCC1CCCN(Cc2cccc(N)c2)C1. The van der Waals surface area contributed by atoms with Crippen molar-refractivity contribution in [2.24, 2.45) is 5.92 Å². The lowest BCUT2D eigenvalue weighted by Gasteiger charge is -2.32. The van der Waals surface area contributed by atoms with E-state index < -0.39 is 0 Å². The third-order valence-electron chi connectivity index (χ3n) is 3.45. The molecule has 1 aromatic carbocycles. The molecule has 1 aliphatic heterocycles. The largest absolute Gasteiger partial charge is 0.399 e. The molecule has 1 aliphatic rings. The van der Waals surface area contributed by atoms with E-state index in [0.29, 0.717) is 0 Å².